The quantitative estimate of drug-likeness (QED) is 0.470. The van der Waals surface area contributed by atoms with Gasteiger partial charge in [-0.25, -0.2) is 0 Å². The van der Waals surface area contributed by atoms with Gasteiger partial charge in [0.25, 0.3) is 0 Å². The van der Waals surface area contributed by atoms with Gasteiger partial charge in [-0.15, -0.1) is 0 Å². The molecule has 0 aliphatic heterocycles. The molecule has 1 nitrogen and oxygen atoms in total. The van der Waals surface area contributed by atoms with Gasteiger partial charge < -0.3 is 0 Å². The zero-order valence-corrected chi connectivity index (χ0v) is 12.5. The fourth-order valence-electron chi connectivity index (χ4n) is 2.27. The van der Waals surface area contributed by atoms with Crippen LogP contribution in [-0.4, -0.2) is 7.38 Å². The predicted octanol–water partition coefficient (Wildman–Crippen LogP) is 3.29. The van der Waals surface area contributed by atoms with Crippen molar-refractivity contribution in [2.75, 3.05) is 0 Å². The molecule has 0 aliphatic rings. The molecule has 0 N–H and O–H groups in total. The number of halogens is 1. The van der Waals surface area contributed by atoms with E-state index in [1.807, 2.05) is 36.4 Å². The van der Waals surface area contributed by atoms with Crippen LogP contribution >= 0.6 is 11.1 Å². The molecule has 0 saturated heterocycles. The molecule has 0 radical (unpaired) electrons. The lowest BCUT2D eigenvalue weighted by molar-refractivity contribution is 0.955. The zero-order chi connectivity index (χ0) is 13.6. The van der Waals surface area contributed by atoms with Crippen molar-refractivity contribution >= 4 is 28.8 Å². The van der Waals surface area contributed by atoms with Crippen LogP contribution in [0.25, 0.3) is 0 Å². The van der Waals surface area contributed by atoms with Crippen molar-refractivity contribution in [2.24, 2.45) is 0 Å². The van der Waals surface area contributed by atoms with Crippen LogP contribution in [0.3, 0.4) is 0 Å². The first-order valence-corrected chi connectivity index (χ1v) is 9.66. The largest absolute Gasteiger partial charge is 0.217 e. The van der Waals surface area contributed by atoms with E-state index in [0.29, 0.717) is 6.42 Å². The Morgan fingerprint density at radius 1 is 0.895 bits per heavy atom. The molecule has 2 aromatic carbocycles. The van der Waals surface area contributed by atoms with Crippen LogP contribution in [0.1, 0.15) is 12.8 Å². The van der Waals surface area contributed by atoms with E-state index in [1.54, 1.807) is 0 Å². The van der Waals surface area contributed by atoms with Crippen molar-refractivity contribution < 1.29 is 0 Å². The van der Waals surface area contributed by atoms with Crippen molar-refractivity contribution in [3.8, 4) is 6.07 Å². The Morgan fingerprint density at radius 2 is 1.37 bits per heavy atom. The van der Waals surface area contributed by atoms with Crippen molar-refractivity contribution in [1.82, 2.24) is 0 Å². The smallest absolute Gasteiger partial charge is 0.198 e. The van der Waals surface area contributed by atoms with Crippen LogP contribution in [0.4, 0.5) is 0 Å². The van der Waals surface area contributed by atoms with Crippen LogP contribution in [0.2, 0.25) is 6.04 Å². The first-order chi connectivity index (χ1) is 9.27. The summed E-state index contributed by atoms with van der Waals surface area (Å²) >= 11 is 7.06. The molecule has 3 heteroatoms. The number of nitriles is 1. The van der Waals surface area contributed by atoms with E-state index in [9.17, 15) is 0 Å². The van der Waals surface area contributed by atoms with Gasteiger partial charge in [-0.3, -0.25) is 0 Å². The SMILES string of the molecule is N#CCCC[Si](Cl)(c1ccccc1)c1ccccc1. The molecule has 2 aromatic rings. The zero-order valence-electron chi connectivity index (χ0n) is 10.7. The third-order valence-electron chi connectivity index (χ3n) is 3.27. The van der Waals surface area contributed by atoms with E-state index in [-0.39, 0.29) is 0 Å². The van der Waals surface area contributed by atoms with Gasteiger partial charge in [-0.05, 0) is 22.8 Å². The fraction of sp³-hybridized carbons (Fsp3) is 0.188. The van der Waals surface area contributed by atoms with Crippen LogP contribution in [0, 0.1) is 11.3 Å². The first kappa shape index (κ1) is 13.9. The molecular weight excluding hydrogens is 270 g/mol. The number of unbranched alkanes of at least 4 members (excludes halogenated alkanes) is 1. The highest BCUT2D eigenvalue weighted by molar-refractivity contribution is 7.34. The van der Waals surface area contributed by atoms with Gasteiger partial charge in [0.2, 0.25) is 7.38 Å². The standard InChI is InChI=1S/C16H16ClNSi/c17-19(14-8-7-13-18,15-9-3-1-4-10-15)16-11-5-2-6-12-16/h1-6,9-12H,7-8,14H2. The predicted molar refractivity (Wildman–Crippen MR) is 83.4 cm³/mol. The van der Waals surface area contributed by atoms with E-state index in [0.717, 1.165) is 12.5 Å². The highest BCUT2D eigenvalue weighted by Crippen LogP contribution is 2.19. The van der Waals surface area contributed by atoms with Gasteiger partial charge in [-0.1, -0.05) is 60.7 Å². The second-order valence-corrected chi connectivity index (χ2v) is 9.74. The third kappa shape index (κ3) is 3.26. The second kappa shape index (κ2) is 6.56. The minimum atomic E-state index is -2.22. The molecule has 0 atom stereocenters. The molecule has 96 valence electrons. The minimum absolute atomic E-state index is 0.571. The van der Waals surface area contributed by atoms with Gasteiger partial charge in [0.05, 0.1) is 6.07 Å². The summed E-state index contributed by atoms with van der Waals surface area (Å²) in [5.74, 6) is 0. The third-order valence-corrected chi connectivity index (χ3v) is 8.69. The first-order valence-electron chi connectivity index (χ1n) is 6.44. The topological polar surface area (TPSA) is 23.8 Å². The van der Waals surface area contributed by atoms with Gasteiger partial charge >= 0.3 is 0 Å². The summed E-state index contributed by atoms with van der Waals surface area (Å²) in [4.78, 5) is 0. The van der Waals surface area contributed by atoms with Gasteiger partial charge in [0.15, 0.2) is 0 Å². The summed E-state index contributed by atoms with van der Waals surface area (Å²) in [7, 11) is -2.22. The van der Waals surface area contributed by atoms with Crippen molar-refractivity contribution in [3.63, 3.8) is 0 Å². The van der Waals surface area contributed by atoms with Crippen LogP contribution in [0.15, 0.2) is 60.7 Å². The molecule has 2 rings (SSSR count). The molecule has 0 aromatic heterocycles. The maximum atomic E-state index is 8.73. The van der Waals surface area contributed by atoms with Gasteiger partial charge in [0.1, 0.15) is 0 Å². The van der Waals surface area contributed by atoms with E-state index in [2.05, 4.69) is 30.3 Å². The summed E-state index contributed by atoms with van der Waals surface area (Å²) in [6.07, 6.45) is 1.43. The Balaban J connectivity index is 2.36. The lowest BCUT2D eigenvalue weighted by atomic mass is 10.4. The molecule has 0 aliphatic carbocycles. The normalized spacial score (nSPS) is 10.9. The van der Waals surface area contributed by atoms with Gasteiger partial charge in [0, 0.05) is 6.42 Å². The Bertz CT molecular complexity index is 508. The molecule has 19 heavy (non-hydrogen) atoms. The highest BCUT2D eigenvalue weighted by atomic mass is 35.6. The van der Waals surface area contributed by atoms with Gasteiger partial charge in [-0.2, -0.15) is 16.3 Å². The Hall–Kier alpha value is -1.56. The van der Waals surface area contributed by atoms with Crippen molar-refractivity contribution in [3.05, 3.63) is 60.7 Å². The Labute approximate surface area is 120 Å². The summed E-state index contributed by atoms with van der Waals surface area (Å²) in [5.41, 5.74) is 0. The average molecular weight is 286 g/mol. The minimum Gasteiger partial charge on any atom is -0.198 e. The maximum absolute atomic E-state index is 8.73. The fourth-order valence-corrected chi connectivity index (χ4v) is 6.44. The van der Waals surface area contributed by atoms with Crippen molar-refractivity contribution in [2.45, 2.75) is 18.9 Å². The number of nitrogens with zero attached hydrogens (tertiary/aromatic N) is 1. The molecule has 0 spiro atoms. The lowest BCUT2D eigenvalue weighted by Crippen LogP contribution is -2.53. The summed E-state index contributed by atoms with van der Waals surface area (Å²) in [6.45, 7) is 0. The Morgan fingerprint density at radius 3 is 1.79 bits per heavy atom. The number of rotatable bonds is 5. The number of benzene rings is 2. The summed E-state index contributed by atoms with van der Waals surface area (Å²) in [5, 5.41) is 11.2. The molecule has 0 heterocycles. The second-order valence-electron chi connectivity index (χ2n) is 4.54. The van der Waals surface area contributed by atoms with Crippen LogP contribution < -0.4 is 10.4 Å². The average Bonchev–Trinajstić information content (AvgIpc) is 2.49. The number of hydrogen-bond acceptors (Lipinski definition) is 1. The highest BCUT2D eigenvalue weighted by Gasteiger charge is 2.34. The monoisotopic (exact) mass is 285 g/mol. The molecular formula is C16H16ClNSi. The summed E-state index contributed by atoms with van der Waals surface area (Å²) < 4.78 is 0. The summed E-state index contributed by atoms with van der Waals surface area (Å²) in [6, 6.07) is 23.7. The molecule has 0 fully saturated rings. The molecule has 0 amide bonds. The number of hydrogen-bond donors (Lipinski definition) is 0. The molecule has 0 saturated carbocycles. The van der Waals surface area contributed by atoms with Crippen LogP contribution in [0.5, 0.6) is 0 Å². The van der Waals surface area contributed by atoms with Crippen molar-refractivity contribution in [1.29, 1.82) is 5.26 Å². The molecule has 0 unspecified atom stereocenters. The molecule has 0 bridgehead atoms. The van der Waals surface area contributed by atoms with E-state index in [1.165, 1.54) is 10.4 Å². The van der Waals surface area contributed by atoms with E-state index in [4.69, 9.17) is 16.3 Å². The van der Waals surface area contributed by atoms with Crippen LogP contribution in [-0.2, 0) is 0 Å². The lowest BCUT2D eigenvalue weighted by Gasteiger charge is -2.25. The maximum Gasteiger partial charge on any atom is 0.217 e. The van der Waals surface area contributed by atoms with E-state index < -0.39 is 7.38 Å². The van der Waals surface area contributed by atoms with E-state index >= 15 is 0 Å². The Kier molecular flexibility index (Phi) is 4.78.